The first-order valence-electron chi connectivity index (χ1n) is 6.46. The zero-order chi connectivity index (χ0) is 15.2. The summed E-state index contributed by atoms with van der Waals surface area (Å²) in [4.78, 5) is 16.4. The molecular formula is C16H17NO3S. The van der Waals surface area contributed by atoms with E-state index in [4.69, 9.17) is 4.74 Å². The molecule has 5 heteroatoms. The Labute approximate surface area is 126 Å². The van der Waals surface area contributed by atoms with Crippen LogP contribution >= 0.6 is 10.5 Å². The molecule has 110 valence electrons. The SMILES string of the molecule is COC=S1C=NC(C=Cc2ccccc2)=C1C(C)C(=O)O. The highest BCUT2D eigenvalue weighted by Crippen LogP contribution is 2.38. The molecule has 1 aromatic rings. The maximum atomic E-state index is 11.3. The highest BCUT2D eigenvalue weighted by Gasteiger charge is 2.25. The minimum absolute atomic E-state index is 0.495. The topological polar surface area (TPSA) is 58.9 Å². The Morgan fingerprint density at radius 2 is 2.05 bits per heavy atom. The molecule has 0 aliphatic carbocycles. The van der Waals surface area contributed by atoms with E-state index in [0.29, 0.717) is 5.70 Å². The third-order valence-electron chi connectivity index (χ3n) is 3.01. The molecule has 21 heavy (non-hydrogen) atoms. The van der Waals surface area contributed by atoms with E-state index < -0.39 is 22.4 Å². The lowest BCUT2D eigenvalue weighted by atomic mass is 10.1. The summed E-state index contributed by atoms with van der Waals surface area (Å²) < 4.78 is 5.04. The Bertz CT molecular complexity index is 645. The van der Waals surface area contributed by atoms with Crippen LogP contribution in [0, 0.1) is 5.92 Å². The molecule has 2 rings (SSSR count). The molecule has 1 N–H and O–H groups in total. The zero-order valence-corrected chi connectivity index (χ0v) is 12.7. The molecule has 0 bridgehead atoms. The van der Waals surface area contributed by atoms with Crippen molar-refractivity contribution in [1.29, 1.82) is 0 Å². The predicted molar refractivity (Wildman–Crippen MR) is 88.5 cm³/mol. The first-order chi connectivity index (χ1) is 10.1. The first-order valence-corrected chi connectivity index (χ1v) is 7.81. The number of carbonyl (C=O) groups is 1. The Morgan fingerprint density at radius 3 is 2.67 bits per heavy atom. The van der Waals surface area contributed by atoms with E-state index in [9.17, 15) is 9.90 Å². The predicted octanol–water partition coefficient (Wildman–Crippen LogP) is 3.35. The van der Waals surface area contributed by atoms with Gasteiger partial charge in [-0.1, -0.05) is 46.9 Å². The smallest absolute Gasteiger partial charge is 0.311 e. The minimum atomic E-state index is -0.858. The van der Waals surface area contributed by atoms with Crippen molar-refractivity contribution in [3.63, 3.8) is 0 Å². The van der Waals surface area contributed by atoms with Gasteiger partial charge in [0.2, 0.25) is 0 Å². The van der Waals surface area contributed by atoms with Crippen molar-refractivity contribution in [2.45, 2.75) is 6.92 Å². The molecule has 0 spiro atoms. The summed E-state index contributed by atoms with van der Waals surface area (Å²) in [7, 11) is 1.06. The monoisotopic (exact) mass is 303 g/mol. The molecular weight excluding hydrogens is 286 g/mol. The summed E-state index contributed by atoms with van der Waals surface area (Å²) >= 11 is 0. The van der Waals surface area contributed by atoms with Gasteiger partial charge < -0.3 is 9.84 Å². The van der Waals surface area contributed by atoms with E-state index in [2.05, 4.69) is 4.99 Å². The van der Waals surface area contributed by atoms with Crippen LogP contribution in [0.1, 0.15) is 12.5 Å². The van der Waals surface area contributed by atoms with Gasteiger partial charge in [0.15, 0.2) is 0 Å². The lowest BCUT2D eigenvalue weighted by Crippen LogP contribution is -2.12. The largest absolute Gasteiger partial charge is 0.481 e. The molecule has 1 heterocycles. The Hall–Kier alpha value is -1.98. The normalized spacial score (nSPS) is 19.6. The Morgan fingerprint density at radius 1 is 1.33 bits per heavy atom. The molecule has 0 radical (unpaired) electrons. The number of aliphatic carboxylic acids is 1. The van der Waals surface area contributed by atoms with Gasteiger partial charge in [0.1, 0.15) is 0 Å². The average Bonchev–Trinajstić information content (AvgIpc) is 2.88. The third kappa shape index (κ3) is 3.77. The summed E-state index contributed by atoms with van der Waals surface area (Å²) in [5.41, 5.74) is 5.11. The summed E-state index contributed by atoms with van der Waals surface area (Å²) in [6.45, 7) is 1.67. The van der Waals surface area contributed by atoms with Gasteiger partial charge in [-0.05, 0) is 18.6 Å². The number of rotatable bonds is 5. The molecule has 0 amide bonds. The van der Waals surface area contributed by atoms with Gasteiger partial charge in [-0.15, -0.1) is 0 Å². The average molecular weight is 303 g/mol. The van der Waals surface area contributed by atoms with Crippen LogP contribution in [-0.4, -0.2) is 29.3 Å². The zero-order valence-electron chi connectivity index (χ0n) is 11.9. The standard InChI is InChI=1S/C16H17NO3S/c1-12(16(18)19)15-14(17-10-21(15)11-20-2)9-8-13-6-4-3-5-7-13/h3-12H,1-2H3,(H,18,19). The maximum Gasteiger partial charge on any atom is 0.311 e. The Kier molecular flexibility index (Phi) is 5.25. The highest BCUT2D eigenvalue weighted by atomic mass is 32.2. The van der Waals surface area contributed by atoms with Gasteiger partial charge in [0.25, 0.3) is 0 Å². The van der Waals surface area contributed by atoms with Crippen LogP contribution in [0.25, 0.3) is 6.08 Å². The molecule has 0 fully saturated rings. The van der Waals surface area contributed by atoms with Crippen molar-refractivity contribution in [2.75, 3.05) is 7.11 Å². The van der Waals surface area contributed by atoms with Crippen LogP contribution in [0.4, 0.5) is 0 Å². The van der Waals surface area contributed by atoms with E-state index >= 15 is 0 Å². The highest BCUT2D eigenvalue weighted by molar-refractivity contribution is 8.29. The van der Waals surface area contributed by atoms with E-state index in [-0.39, 0.29) is 0 Å². The van der Waals surface area contributed by atoms with Gasteiger partial charge in [-0.2, -0.15) is 0 Å². The second kappa shape index (κ2) is 7.15. The molecule has 2 atom stereocenters. The Balaban J connectivity index is 2.37. The van der Waals surface area contributed by atoms with Crippen LogP contribution in [-0.2, 0) is 9.53 Å². The van der Waals surface area contributed by atoms with Crippen LogP contribution in [0.2, 0.25) is 0 Å². The number of benzene rings is 1. The fraction of sp³-hybridized carbons (Fsp3) is 0.188. The minimum Gasteiger partial charge on any atom is -0.481 e. The van der Waals surface area contributed by atoms with Gasteiger partial charge in [-0.25, -0.2) is 4.99 Å². The second-order valence-corrected chi connectivity index (χ2v) is 6.08. The summed E-state index contributed by atoms with van der Waals surface area (Å²) in [6.07, 6.45) is 3.79. The van der Waals surface area contributed by atoms with Crippen molar-refractivity contribution in [2.24, 2.45) is 10.9 Å². The van der Waals surface area contributed by atoms with E-state index in [0.717, 1.165) is 10.5 Å². The van der Waals surface area contributed by atoms with Crippen LogP contribution in [0.5, 0.6) is 0 Å². The van der Waals surface area contributed by atoms with Crippen LogP contribution in [0.3, 0.4) is 0 Å². The summed E-state index contributed by atoms with van der Waals surface area (Å²) in [5, 5.41) is 9.27. The molecule has 0 saturated carbocycles. The van der Waals surface area contributed by atoms with E-state index in [1.807, 2.05) is 42.5 Å². The maximum absolute atomic E-state index is 11.3. The van der Waals surface area contributed by atoms with E-state index in [1.165, 1.54) is 0 Å². The van der Waals surface area contributed by atoms with Gasteiger partial charge in [0, 0.05) is 12.0 Å². The number of ether oxygens (including phenoxy) is 1. The number of carboxylic acids is 1. The molecule has 1 aliphatic heterocycles. The van der Waals surface area contributed by atoms with Crippen molar-refractivity contribution in [1.82, 2.24) is 0 Å². The number of carboxylic acid groups (broad SMARTS) is 1. The van der Waals surface area contributed by atoms with Crippen LogP contribution in [0.15, 0.2) is 52.0 Å². The number of methoxy groups -OCH3 is 1. The van der Waals surface area contributed by atoms with Crippen molar-refractivity contribution in [3.8, 4) is 0 Å². The third-order valence-corrected chi connectivity index (χ3v) is 4.81. The summed E-state index contributed by atoms with van der Waals surface area (Å²) in [5.74, 6) is -1.46. The van der Waals surface area contributed by atoms with Crippen LogP contribution < -0.4 is 0 Å². The number of aliphatic imine (C=N–C) groups is 1. The second-order valence-electron chi connectivity index (χ2n) is 4.49. The fourth-order valence-electron chi connectivity index (χ4n) is 1.94. The first kappa shape index (κ1) is 15.4. The van der Waals surface area contributed by atoms with Gasteiger partial charge in [-0.3, -0.25) is 4.79 Å². The van der Waals surface area contributed by atoms with Crippen molar-refractivity contribution in [3.05, 3.63) is 52.6 Å². The molecule has 1 aromatic carbocycles. The summed E-state index contributed by atoms with van der Waals surface area (Å²) in [6, 6.07) is 9.83. The molecule has 1 aliphatic rings. The number of hydrogen-bond acceptors (Lipinski definition) is 3. The number of allylic oxidation sites excluding steroid dienone is 1. The number of hydrogen-bond donors (Lipinski definition) is 1. The molecule has 0 aromatic heterocycles. The molecule has 4 nitrogen and oxygen atoms in total. The molecule has 2 unspecified atom stereocenters. The van der Waals surface area contributed by atoms with Gasteiger partial charge >= 0.3 is 5.97 Å². The van der Waals surface area contributed by atoms with Gasteiger partial charge in [0.05, 0.1) is 22.7 Å². The lowest BCUT2D eigenvalue weighted by Gasteiger charge is -2.11. The molecule has 0 saturated heterocycles. The van der Waals surface area contributed by atoms with E-state index in [1.54, 1.807) is 25.1 Å². The lowest BCUT2D eigenvalue weighted by molar-refractivity contribution is -0.139. The fourth-order valence-corrected chi connectivity index (χ4v) is 3.51. The van der Waals surface area contributed by atoms with Crippen molar-refractivity contribution < 1.29 is 14.6 Å². The van der Waals surface area contributed by atoms with Crippen molar-refractivity contribution >= 4 is 33.6 Å². The quantitative estimate of drug-likeness (QED) is 0.849. The number of nitrogens with zero attached hydrogens (tertiary/aromatic N) is 1.